The molecule has 4 nitrogen and oxygen atoms in total. The first-order valence-electron chi connectivity index (χ1n) is 6.80. The van der Waals surface area contributed by atoms with Gasteiger partial charge in [-0.05, 0) is 32.0 Å². The Morgan fingerprint density at radius 2 is 2.05 bits per heavy atom. The fourth-order valence-electron chi connectivity index (χ4n) is 1.89. The molecule has 0 aliphatic heterocycles. The van der Waals surface area contributed by atoms with Crippen LogP contribution in [-0.2, 0) is 6.54 Å². The number of amides is 1. The van der Waals surface area contributed by atoms with E-state index in [-0.39, 0.29) is 24.3 Å². The number of aromatic nitrogens is 1. The van der Waals surface area contributed by atoms with Crippen LogP contribution in [0.2, 0.25) is 0 Å². The van der Waals surface area contributed by atoms with Gasteiger partial charge in [0.25, 0.3) is 5.91 Å². The van der Waals surface area contributed by atoms with E-state index in [4.69, 9.17) is 0 Å². The van der Waals surface area contributed by atoms with Crippen LogP contribution in [0.15, 0.2) is 42.6 Å². The summed E-state index contributed by atoms with van der Waals surface area (Å²) in [5, 5.41) is 5.87. The largest absolute Gasteiger partial charge is 0.383 e. The Bertz CT molecular complexity index is 628. The molecule has 2 aromatic rings. The highest BCUT2D eigenvalue weighted by Gasteiger charge is 2.09. The van der Waals surface area contributed by atoms with Crippen LogP contribution < -0.4 is 10.6 Å². The fraction of sp³-hybridized carbons (Fsp3) is 0.250. The number of hydrogen-bond donors (Lipinski definition) is 2. The molecule has 0 saturated carbocycles. The van der Waals surface area contributed by atoms with Crippen molar-refractivity contribution in [2.24, 2.45) is 0 Å². The molecule has 0 aliphatic carbocycles. The van der Waals surface area contributed by atoms with Crippen LogP contribution in [0.25, 0.3) is 0 Å². The summed E-state index contributed by atoms with van der Waals surface area (Å²) < 4.78 is 13.5. The zero-order chi connectivity index (χ0) is 15.2. The molecule has 2 N–H and O–H groups in total. The van der Waals surface area contributed by atoms with Crippen molar-refractivity contribution >= 4 is 11.6 Å². The van der Waals surface area contributed by atoms with Crippen molar-refractivity contribution in [1.29, 1.82) is 0 Å². The lowest BCUT2D eigenvalue weighted by Gasteiger charge is -2.11. The molecule has 5 heteroatoms. The smallest absolute Gasteiger partial charge is 0.270 e. The van der Waals surface area contributed by atoms with Gasteiger partial charge in [-0.25, -0.2) is 4.39 Å². The molecule has 2 rings (SSSR count). The molecule has 0 bridgehead atoms. The molecule has 21 heavy (non-hydrogen) atoms. The first-order chi connectivity index (χ1) is 10.1. The number of benzene rings is 1. The first-order valence-corrected chi connectivity index (χ1v) is 6.80. The van der Waals surface area contributed by atoms with E-state index in [0.29, 0.717) is 11.3 Å². The molecular formula is C16H18FN3O. The van der Waals surface area contributed by atoms with Crippen molar-refractivity contribution in [2.45, 2.75) is 26.4 Å². The molecule has 0 saturated heterocycles. The van der Waals surface area contributed by atoms with Gasteiger partial charge < -0.3 is 10.6 Å². The molecular weight excluding hydrogens is 269 g/mol. The van der Waals surface area contributed by atoms with Crippen molar-refractivity contribution in [3.05, 3.63) is 59.7 Å². The van der Waals surface area contributed by atoms with Gasteiger partial charge in [-0.15, -0.1) is 0 Å². The van der Waals surface area contributed by atoms with Gasteiger partial charge in [0.15, 0.2) is 0 Å². The second kappa shape index (κ2) is 6.83. The lowest BCUT2D eigenvalue weighted by molar-refractivity contribution is 0.0945. The zero-order valence-corrected chi connectivity index (χ0v) is 12.1. The molecule has 0 aliphatic rings. The minimum atomic E-state index is -0.332. The van der Waals surface area contributed by atoms with E-state index in [9.17, 15) is 9.18 Å². The molecule has 0 atom stereocenters. The number of hydrogen-bond acceptors (Lipinski definition) is 3. The Morgan fingerprint density at radius 3 is 2.76 bits per heavy atom. The van der Waals surface area contributed by atoms with Gasteiger partial charge in [-0.3, -0.25) is 9.78 Å². The van der Waals surface area contributed by atoms with Crippen molar-refractivity contribution in [2.75, 3.05) is 5.32 Å². The summed E-state index contributed by atoms with van der Waals surface area (Å²) in [7, 11) is 0. The Balaban J connectivity index is 2.02. The molecule has 0 spiro atoms. The van der Waals surface area contributed by atoms with Gasteiger partial charge >= 0.3 is 0 Å². The van der Waals surface area contributed by atoms with Crippen molar-refractivity contribution in [3.63, 3.8) is 0 Å². The maximum absolute atomic E-state index is 13.5. The zero-order valence-electron chi connectivity index (χ0n) is 12.1. The Kier molecular flexibility index (Phi) is 4.87. The average Bonchev–Trinajstić information content (AvgIpc) is 2.45. The lowest BCUT2D eigenvalue weighted by Crippen LogP contribution is -2.24. The van der Waals surface area contributed by atoms with E-state index >= 15 is 0 Å². The molecule has 0 fully saturated rings. The fourth-order valence-corrected chi connectivity index (χ4v) is 1.89. The number of carbonyl (C=O) groups is 1. The molecule has 0 radical (unpaired) electrons. The quantitative estimate of drug-likeness (QED) is 0.889. The normalized spacial score (nSPS) is 10.5. The van der Waals surface area contributed by atoms with Crippen molar-refractivity contribution < 1.29 is 9.18 Å². The number of halogens is 1. The van der Waals surface area contributed by atoms with E-state index in [0.717, 1.165) is 5.69 Å². The maximum Gasteiger partial charge on any atom is 0.270 e. The number of anilines is 1. The third-order valence-electron chi connectivity index (χ3n) is 2.85. The first kappa shape index (κ1) is 15.0. The summed E-state index contributed by atoms with van der Waals surface area (Å²) in [6.07, 6.45) is 1.57. The topological polar surface area (TPSA) is 54.0 Å². The summed E-state index contributed by atoms with van der Waals surface area (Å²) in [5.74, 6) is -0.661. The summed E-state index contributed by atoms with van der Waals surface area (Å²) in [5.41, 5.74) is 1.58. The molecule has 110 valence electrons. The van der Waals surface area contributed by atoms with Crippen LogP contribution in [0.3, 0.4) is 0 Å². The van der Waals surface area contributed by atoms with Crippen molar-refractivity contribution in [1.82, 2.24) is 10.3 Å². The number of carbonyl (C=O) groups excluding carboxylic acids is 1. The van der Waals surface area contributed by atoms with Gasteiger partial charge in [0.05, 0.1) is 0 Å². The Labute approximate surface area is 123 Å². The van der Waals surface area contributed by atoms with Crippen LogP contribution in [0.1, 0.15) is 29.9 Å². The van der Waals surface area contributed by atoms with E-state index in [2.05, 4.69) is 15.6 Å². The minimum absolute atomic E-state index is 0.134. The number of rotatable bonds is 5. The van der Waals surface area contributed by atoms with Gasteiger partial charge in [-0.2, -0.15) is 0 Å². The average molecular weight is 287 g/mol. The lowest BCUT2D eigenvalue weighted by atomic mass is 10.2. The third-order valence-corrected chi connectivity index (χ3v) is 2.85. The van der Waals surface area contributed by atoms with E-state index < -0.39 is 0 Å². The standard InChI is InChI=1S/C16H18FN3O/c1-11(2)20-13-7-8-18-15(9-13)16(21)19-10-12-5-3-4-6-14(12)17/h3-9,11H,10H2,1-2H3,(H,18,20)(H,19,21). The highest BCUT2D eigenvalue weighted by atomic mass is 19.1. The van der Waals surface area contributed by atoms with Gasteiger partial charge in [0.2, 0.25) is 0 Å². The number of nitrogens with zero attached hydrogens (tertiary/aromatic N) is 1. The van der Waals surface area contributed by atoms with Crippen LogP contribution in [0.4, 0.5) is 10.1 Å². The molecule has 1 amide bonds. The van der Waals surface area contributed by atoms with Gasteiger partial charge in [0, 0.05) is 30.0 Å². The molecule has 0 unspecified atom stereocenters. The summed E-state index contributed by atoms with van der Waals surface area (Å²) in [4.78, 5) is 16.1. The van der Waals surface area contributed by atoms with Gasteiger partial charge in [-0.1, -0.05) is 18.2 Å². The van der Waals surface area contributed by atoms with Crippen molar-refractivity contribution in [3.8, 4) is 0 Å². The monoisotopic (exact) mass is 287 g/mol. The van der Waals surface area contributed by atoms with Crippen LogP contribution in [0.5, 0.6) is 0 Å². The van der Waals surface area contributed by atoms with Crippen LogP contribution in [0, 0.1) is 5.82 Å². The molecule has 1 heterocycles. The molecule has 1 aromatic heterocycles. The number of nitrogens with one attached hydrogen (secondary N) is 2. The second-order valence-electron chi connectivity index (χ2n) is 5.00. The predicted octanol–water partition coefficient (Wildman–Crippen LogP) is 2.97. The number of pyridine rings is 1. The van der Waals surface area contributed by atoms with Crippen LogP contribution >= 0.6 is 0 Å². The second-order valence-corrected chi connectivity index (χ2v) is 5.00. The highest BCUT2D eigenvalue weighted by molar-refractivity contribution is 5.93. The Hall–Kier alpha value is -2.43. The minimum Gasteiger partial charge on any atom is -0.383 e. The van der Waals surface area contributed by atoms with E-state index in [1.54, 1.807) is 36.5 Å². The molecule has 1 aromatic carbocycles. The summed E-state index contributed by atoms with van der Waals surface area (Å²) in [6, 6.07) is 10.1. The van der Waals surface area contributed by atoms with Crippen LogP contribution in [-0.4, -0.2) is 16.9 Å². The predicted molar refractivity (Wildman–Crippen MR) is 80.6 cm³/mol. The maximum atomic E-state index is 13.5. The summed E-state index contributed by atoms with van der Waals surface area (Å²) >= 11 is 0. The van der Waals surface area contributed by atoms with E-state index in [1.165, 1.54) is 6.07 Å². The SMILES string of the molecule is CC(C)Nc1ccnc(C(=O)NCc2ccccc2F)c1. The summed E-state index contributed by atoms with van der Waals surface area (Å²) in [6.45, 7) is 4.16. The highest BCUT2D eigenvalue weighted by Crippen LogP contribution is 2.10. The van der Waals surface area contributed by atoms with E-state index in [1.807, 2.05) is 13.8 Å². The van der Waals surface area contributed by atoms with Gasteiger partial charge in [0.1, 0.15) is 11.5 Å². The Morgan fingerprint density at radius 1 is 1.29 bits per heavy atom. The third kappa shape index (κ3) is 4.27.